The molecule has 1 rings (SSSR count). The quantitative estimate of drug-likeness (QED) is 0.674. The van der Waals surface area contributed by atoms with Gasteiger partial charge < -0.3 is 25.2 Å². The van der Waals surface area contributed by atoms with Crippen LogP contribution in [0.5, 0.6) is 0 Å². The van der Waals surface area contributed by atoms with Crippen LogP contribution < -0.4 is 5.32 Å². The standard InChI is InChI=1S/C13H24N2O5/c1-8(2)11(4-12(17)18)14-13(19)15-5-9(3)20-10(6-15)7-16/h8-11,16H,4-7H2,1-3H3,(H,14,19)(H,17,18). The minimum Gasteiger partial charge on any atom is -0.481 e. The lowest BCUT2D eigenvalue weighted by atomic mass is 10.0. The Balaban J connectivity index is 2.61. The van der Waals surface area contributed by atoms with E-state index in [9.17, 15) is 9.59 Å². The van der Waals surface area contributed by atoms with Gasteiger partial charge in [0.2, 0.25) is 0 Å². The number of carboxylic acid groups (broad SMARTS) is 1. The fourth-order valence-electron chi connectivity index (χ4n) is 2.20. The Morgan fingerprint density at radius 1 is 1.40 bits per heavy atom. The van der Waals surface area contributed by atoms with Gasteiger partial charge in [0.1, 0.15) is 0 Å². The van der Waals surface area contributed by atoms with Crippen LogP contribution in [-0.2, 0) is 9.53 Å². The van der Waals surface area contributed by atoms with Crippen molar-refractivity contribution in [3.8, 4) is 0 Å². The van der Waals surface area contributed by atoms with Crippen molar-refractivity contribution < 1.29 is 24.5 Å². The first-order chi connectivity index (χ1) is 9.33. The molecule has 1 aliphatic heterocycles. The third-order valence-corrected chi connectivity index (χ3v) is 3.33. The second-order valence-electron chi connectivity index (χ2n) is 5.55. The van der Waals surface area contributed by atoms with Crippen LogP contribution in [-0.4, -0.2) is 65.1 Å². The molecule has 0 aromatic carbocycles. The smallest absolute Gasteiger partial charge is 0.317 e. The van der Waals surface area contributed by atoms with Gasteiger partial charge in [-0.05, 0) is 12.8 Å². The van der Waals surface area contributed by atoms with Crippen molar-refractivity contribution >= 4 is 12.0 Å². The first kappa shape index (κ1) is 16.7. The maximum Gasteiger partial charge on any atom is 0.317 e. The number of ether oxygens (including phenoxy) is 1. The summed E-state index contributed by atoms with van der Waals surface area (Å²) in [4.78, 5) is 24.6. The third-order valence-electron chi connectivity index (χ3n) is 3.33. The largest absolute Gasteiger partial charge is 0.481 e. The number of morpholine rings is 1. The number of carboxylic acids is 1. The van der Waals surface area contributed by atoms with Crippen LogP contribution in [0, 0.1) is 5.92 Å². The van der Waals surface area contributed by atoms with Crippen LogP contribution in [0.3, 0.4) is 0 Å². The van der Waals surface area contributed by atoms with Crippen LogP contribution in [0.1, 0.15) is 27.2 Å². The lowest BCUT2D eigenvalue weighted by Gasteiger charge is -2.37. The fourth-order valence-corrected chi connectivity index (χ4v) is 2.20. The van der Waals surface area contributed by atoms with Crippen LogP contribution in [0.15, 0.2) is 0 Å². The van der Waals surface area contributed by atoms with E-state index in [2.05, 4.69) is 5.32 Å². The van der Waals surface area contributed by atoms with Crippen molar-refractivity contribution in [1.29, 1.82) is 0 Å². The SMILES string of the molecule is CC1CN(C(=O)NC(CC(=O)O)C(C)C)CC(CO)O1. The molecular formula is C13H24N2O5. The number of hydrogen-bond donors (Lipinski definition) is 3. The van der Waals surface area contributed by atoms with Gasteiger partial charge in [-0.1, -0.05) is 13.8 Å². The number of aliphatic carboxylic acids is 1. The molecule has 0 spiro atoms. The number of hydrogen-bond acceptors (Lipinski definition) is 4. The molecule has 1 saturated heterocycles. The number of urea groups is 1. The summed E-state index contributed by atoms with van der Waals surface area (Å²) in [7, 11) is 0. The van der Waals surface area contributed by atoms with Gasteiger partial charge in [0.25, 0.3) is 0 Å². The van der Waals surface area contributed by atoms with Crippen LogP contribution in [0.4, 0.5) is 4.79 Å². The normalized spacial score (nSPS) is 24.6. The van der Waals surface area contributed by atoms with E-state index < -0.39 is 12.0 Å². The van der Waals surface area contributed by atoms with E-state index in [-0.39, 0.29) is 37.2 Å². The van der Waals surface area contributed by atoms with E-state index in [4.69, 9.17) is 14.9 Å². The highest BCUT2D eigenvalue weighted by molar-refractivity contribution is 5.76. The molecule has 3 N–H and O–H groups in total. The molecule has 0 saturated carbocycles. The van der Waals surface area contributed by atoms with Gasteiger partial charge in [-0.25, -0.2) is 4.79 Å². The summed E-state index contributed by atoms with van der Waals surface area (Å²) in [6.07, 6.45) is -0.641. The molecule has 3 unspecified atom stereocenters. The summed E-state index contributed by atoms with van der Waals surface area (Å²) in [5, 5.41) is 20.7. The van der Waals surface area contributed by atoms with E-state index in [0.29, 0.717) is 13.1 Å². The predicted molar refractivity (Wildman–Crippen MR) is 72.4 cm³/mol. The van der Waals surface area contributed by atoms with Gasteiger partial charge in [0.15, 0.2) is 0 Å². The second kappa shape index (κ2) is 7.44. The second-order valence-corrected chi connectivity index (χ2v) is 5.55. The minimum absolute atomic E-state index is 0.0298. The van der Waals surface area contributed by atoms with Gasteiger partial charge in [-0.3, -0.25) is 4.79 Å². The molecule has 0 aliphatic carbocycles. The topological polar surface area (TPSA) is 99.1 Å². The summed E-state index contributed by atoms with van der Waals surface area (Å²) in [6.45, 7) is 6.17. The molecule has 1 aliphatic rings. The average Bonchev–Trinajstić information content (AvgIpc) is 2.36. The molecule has 116 valence electrons. The molecular weight excluding hydrogens is 264 g/mol. The van der Waals surface area contributed by atoms with E-state index in [1.54, 1.807) is 4.90 Å². The van der Waals surface area contributed by atoms with E-state index >= 15 is 0 Å². The highest BCUT2D eigenvalue weighted by atomic mass is 16.5. The van der Waals surface area contributed by atoms with Crippen LogP contribution >= 0.6 is 0 Å². The van der Waals surface area contributed by atoms with Gasteiger partial charge in [-0.2, -0.15) is 0 Å². The highest BCUT2D eigenvalue weighted by Gasteiger charge is 2.29. The molecule has 0 bridgehead atoms. The Hall–Kier alpha value is -1.34. The Bertz CT molecular complexity index is 348. The summed E-state index contributed by atoms with van der Waals surface area (Å²) >= 11 is 0. The minimum atomic E-state index is -0.937. The lowest BCUT2D eigenvalue weighted by molar-refractivity contribution is -0.137. The first-order valence-corrected chi connectivity index (χ1v) is 6.87. The summed E-state index contributed by atoms with van der Waals surface area (Å²) in [5.74, 6) is -0.908. The highest BCUT2D eigenvalue weighted by Crippen LogP contribution is 2.13. The predicted octanol–water partition coefficient (Wildman–Crippen LogP) is 0.277. The van der Waals surface area contributed by atoms with Gasteiger partial charge in [0.05, 0.1) is 31.8 Å². The monoisotopic (exact) mass is 288 g/mol. The van der Waals surface area contributed by atoms with Gasteiger partial charge >= 0.3 is 12.0 Å². The molecule has 0 aromatic rings. The molecule has 1 fully saturated rings. The molecule has 1 heterocycles. The van der Waals surface area contributed by atoms with Crippen molar-refractivity contribution in [3.63, 3.8) is 0 Å². The van der Waals surface area contributed by atoms with Gasteiger partial charge in [0, 0.05) is 12.6 Å². The van der Waals surface area contributed by atoms with Crippen molar-refractivity contribution in [2.45, 2.75) is 45.4 Å². The molecule has 7 heteroatoms. The summed E-state index contributed by atoms with van der Waals surface area (Å²) in [5.41, 5.74) is 0. The zero-order valence-corrected chi connectivity index (χ0v) is 12.2. The van der Waals surface area contributed by atoms with Crippen LogP contribution in [0.25, 0.3) is 0 Å². The van der Waals surface area contributed by atoms with Crippen molar-refractivity contribution in [2.24, 2.45) is 5.92 Å². The maximum absolute atomic E-state index is 12.2. The van der Waals surface area contributed by atoms with E-state index in [0.717, 1.165) is 0 Å². The number of carbonyl (C=O) groups excluding carboxylic acids is 1. The number of aliphatic hydroxyl groups is 1. The van der Waals surface area contributed by atoms with Gasteiger partial charge in [-0.15, -0.1) is 0 Å². The molecule has 0 aromatic heterocycles. The third kappa shape index (κ3) is 4.97. The molecule has 7 nitrogen and oxygen atoms in total. The molecule has 2 amide bonds. The maximum atomic E-state index is 12.2. The van der Waals surface area contributed by atoms with Crippen molar-refractivity contribution in [2.75, 3.05) is 19.7 Å². The van der Waals surface area contributed by atoms with E-state index in [1.807, 2.05) is 20.8 Å². The fraction of sp³-hybridized carbons (Fsp3) is 0.846. The number of aliphatic hydroxyl groups excluding tert-OH is 1. The van der Waals surface area contributed by atoms with Crippen LogP contribution in [0.2, 0.25) is 0 Å². The van der Waals surface area contributed by atoms with Crippen molar-refractivity contribution in [3.05, 3.63) is 0 Å². The summed E-state index contributed by atoms with van der Waals surface area (Å²) in [6, 6.07) is -0.718. The number of amides is 2. The number of nitrogens with one attached hydrogen (secondary N) is 1. The number of nitrogens with zero attached hydrogens (tertiary/aromatic N) is 1. The zero-order valence-electron chi connectivity index (χ0n) is 12.2. The molecule has 0 radical (unpaired) electrons. The number of rotatable bonds is 5. The summed E-state index contributed by atoms with van der Waals surface area (Å²) < 4.78 is 5.47. The Labute approximate surface area is 118 Å². The Morgan fingerprint density at radius 2 is 2.05 bits per heavy atom. The Morgan fingerprint density at radius 3 is 2.55 bits per heavy atom. The zero-order chi connectivity index (χ0) is 15.3. The molecule has 3 atom stereocenters. The van der Waals surface area contributed by atoms with E-state index in [1.165, 1.54) is 0 Å². The first-order valence-electron chi connectivity index (χ1n) is 6.87. The Kier molecular flexibility index (Phi) is 6.22. The number of carbonyl (C=O) groups is 2. The average molecular weight is 288 g/mol. The van der Waals surface area contributed by atoms with Crippen molar-refractivity contribution in [1.82, 2.24) is 10.2 Å². The lowest BCUT2D eigenvalue weighted by Crippen LogP contribution is -2.55. The molecule has 20 heavy (non-hydrogen) atoms.